The van der Waals surface area contributed by atoms with Gasteiger partial charge in [-0.25, -0.2) is 4.98 Å². The molecule has 9 heteroatoms. The molecule has 0 aromatic carbocycles. The molecule has 1 saturated heterocycles. The summed E-state index contributed by atoms with van der Waals surface area (Å²) in [6.07, 6.45) is 5.22. The summed E-state index contributed by atoms with van der Waals surface area (Å²) in [6, 6.07) is -0.204. The molecule has 1 N–H and O–H groups in total. The summed E-state index contributed by atoms with van der Waals surface area (Å²) in [5, 5.41) is 11.9. The highest BCUT2D eigenvalue weighted by molar-refractivity contribution is 5.78. The predicted octanol–water partition coefficient (Wildman–Crippen LogP) is 0.110. The van der Waals surface area contributed by atoms with Crippen LogP contribution in [0.5, 0.6) is 0 Å². The van der Waals surface area contributed by atoms with E-state index in [0.717, 1.165) is 18.1 Å². The third-order valence-corrected chi connectivity index (χ3v) is 4.41. The number of amides is 1. The predicted molar refractivity (Wildman–Crippen MR) is 90.5 cm³/mol. The first-order chi connectivity index (χ1) is 12.1. The Morgan fingerprint density at radius 1 is 1.36 bits per heavy atom. The molecule has 0 saturated carbocycles. The third kappa shape index (κ3) is 3.72. The van der Waals surface area contributed by atoms with Gasteiger partial charge in [-0.1, -0.05) is 0 Å². The number of ether oxygens (including phenoxy) is 1. The maximum absolute atomic E-state index is 12.2. The SMILES string of the molecule is CCN1C(=O)CO[C@@H](CNCc2cnn(CC)n2)[C@@H]1c1nccn1C. The van der Waals surface area contributed by atoms with Crippen molar-refractivity contribution in [1.82, 2.24) is 34.8 Å². The van der Waals surface area contributed by atoms with Crippen LogP contribution in [-0.2, 0) is 29.7 Å². The summed E-state index contributed by atoms with van der Waals surface area (Å²) in [7, 11) is 1.93. The van der Waals surface area contributed by atoms with Crippen molar-refractivity contribution in [2.24, 2.45) is 7.05 Å². The van der Waals surface area contributed by atoms with E-state index in [2.05, 4.69) is 20.5 Å². The number of nitrogens with zero attached hydrogens (tertiary/aromatic N) is 6. The molecule has 1 amide bonds. The van der Waals surface area contributed by atoms with E-state index in [4.69, 9.17) is 4.74 Å². The van der Waals surface area contributed by atoms with E-state index in [-0.39, 0.29) is 24.7 Å². The summed E-state index contributed by atoms with van der Waals surface area (Å²) in [6.45, 7) is 6.66. The fourth-order valence-corrected chi connectivity index (χ4v) is 3.13. The van der Waals surface area contributed by atoms with E-state index in [1.54, 1.807) is 17.2 Å². The number of hydrogen-bond donors (Lipinski definition) is 1. The van der Waals surface area contributed by atoms with E-state index in [9.17, 15) is 4.79 Å². The molecule has 0 radical (unpaired) electrons. The number of carbonyl (C=O) groups is 1. The molecule has 1 fully saturated rings. The number of hydrogen-bond acceptors (Lipinski definition) is 6. The van der Waals surface area contributed by atoms with E-state index >= 15 is 0 Å². The molecule has 3 heterocycles. The maximum atomic E-state index is 12.2. The highest BCUT2D eigenvalue weighted by atomic mass is 16.5. The van der Waals surface area contributed by atoms with E-state index in [1.807, 2.05) is 36.6 Å². The van der Waals surface area contributed by atoms with Crippen LogP contribution in [0.15, 0.2) is 18.6 Å². The van der Waals surface area contributed by atoms with Gasteiger partial charge in [0.2, 0.25) is 5.91 Å². The molecule has 25 heavy (non-hydrogen) atoms. The van der Waals surface area contributed by atoms with Gasteiger partial charge >= 0.3 is 0 Å². The fraction of sp³-hybridized carbons (Fsp3) is 0.625. The second-order valence-electron chi connectivity index (χ2n) is 6.03. The summed E-state index contributed by atoms with van der Waals surface area (Å²) < 4.78 is 7.77. The van der Waals surface area contributed by atoms with Crippen LogP contribution in [0.2, 0.25) is 0 Å². The van der Waals surface area contributed by atoms with Crippen LogP contribution >= 0.6 is 0 Å². The molecule has 0 spiro atoms. The Morgan fingerprint density at radius 2 is 2.20 bits per heavy atom. The molecule has 2 aromatic heterocycles. The minimum atomic E-state index is -0.204. The Labute approximate surface area is 147 Å². The first-order valence-corrected chi connectivity index (χ1v) is 8.62. The van der Waals surface area contributed by atoms with Gasteiger partial charge in [0, 0.05) is 39.1 Å². The first-order valence-electron chi connectivity index (χ1n) is 8.62. The number of carbonyl (C=O) groups excluding carboxylic acids is 1. The van der Waals surface area contributed by atoms with E-state index < -0.39 is 0 Å². The van der Waals surface area contributed by atoms with Gasteiger partial charge in [-0.05, 0) is 13.8 Å². The molecule has 136 valence electrons. The Hall–Kier alpha value is -2.26. The molecule has 1 aliphatic heterocycles. The van der Waals surface area contributed by atoms with Crippen LogP contribution in [0.4, 0.5) is 0 Å². The number of morpholine rings is 1. The van der Waals surface area contributed by atoms with E-state index in [0.29, 0.717) is 19.6 Å². The topological polar surface area (TPSA) is 90.1 Å². The van der Waals surface area contributed by atoms with Crippen molar-refractivity contribution in [3.8, 4) is 0 Å². The number of likely N-dealkylation sites (N-methyl/N-ethyl adjacent to an activating group) is 1. The normalized spacial score (nSPS) is 21.1. The van der Waals surface area contributed by atoms with Gasteiger partial charge in [-0.15, -0.1) is 0 Å². The molecule has 0 unspecified atom stereocenters. The molecular formula is C16H25N7O2. The second kappa shape index (κ2) is 7.75. The van der Waals surface area contributed by atoms with Crippen LogP contribution in [-0.4, -0.2) is 61.2 Å². The number of nitrogens with one attached hydrogen (secondary N) is 1. The lowest BCUT2D eigenvalue weighted by Crippen LogP contribution is -2.52. The Morgan fingerprint density at radius 3 is 2.84 bits per heavy atom. The monoisotopic (exact) mass is 347 g/mol. The summed E-state index contributed by atoms with van der Waals surface area (Å²) in [4.78, 5) is 20.2. The Balaban J connectivity index is 1.69. The van der Waals surface area contributed by atoms with Gasteiger partial charge in [0.25, 0.3) is 0 Å². The lowest BCUT2D eigenvalue weighted by atomic mass is 10.1. The van der Waals surface area contributed by atoms with Crippen LogP contribution in [0, 0.1) is 0 Å². The number of rotatable bonds is 7. The minimum absolute atomic E-state index is 0.00219. The highest BCUT2D eigenvalue weighted by Gasteiger charge is 2.38. The quantitative estimate of drug-likeness (QED) is 0.765. The van der Waals surface area contributed by atoms with Crippen molar-refractivity contribution < 1.29 is 9.53 Å². The zero-order valence-electron chi connectivity index (χ0n) is 14.9. The molecule has 1 aliphatic rings. The van der Waals surface area contributed by atoms with Gasteiger partial charge in [-0.3, -0.25) is 4.79 Å². The molecule has 2 aromatic rings. The van der Waals surface area contributed by atoms with Crippen LogP contribution in [0.3, 0.4) is 0 Å². The van der Waals surface area contributed by atoms with Gasteiger partial charge < -0.3 is 19.5 Å². The largest absolute Gasteiger partial charge is 0.364 e. The zero-order chi connectivity index (χ0) is 17.8. The lowest BCUT2D eigenvalue weighted by molar-refractivity contribution is -0.157. The molecular weight excluding hydrogens is 322 g/mol. The van der Waals surface area contributed by atoms with E-state index in [1.165, 1.54) is 0 Å². The Bertz CT molecular complexity index is 711. The van der Waals surface area contributed by atoms with Gasteiger partial charge in [-0.2, -0.15) is 15.0 Å². The molecule has 2 atom stereocenters. The first kappa shape index (κ1) is 17.6. The van der Waals surface area contributed by atoms with Gasteiger partial charge in [0.15, 0.2) is 0 Å². The standard InChI is InChI=1S/C16H25N7O2/c1-4-22-14(24)11-25-13(15(22)16-18-6-7-21(16)3)10-17-8-12-9-19-23(5-2)20-12/h6-7,9,13,15,17H,4-5,8,10-11H2,1-3H3/t13-,15+/m0/s1. The summed E-state index contributed by atoms with van der Waals surface area (Å²) >= 11 is 0. The number of aromatic nitrogens is 5. The highest BCUT2D eigenvalue weighted by Crippen LogP contribution is 2.28. The molecule has 9 nitrogen and oxygen atoms in total. The zero-order valence-corrected chi connectivity index (χ0v) is 14.9. The minimum Gasteiger partial charge on any atom is -0.364 e. The van der Waals surface area contributed by atoms with Crippen LogP contribution < -0.4 is 5.32 Å². The average molecular weight is 347 g/mol. The van der Waals surface area contributed by atoms with Crippen molar-refractivity contribution in [2.45, 2.75) is 39.1 Å². The second-order valence-corrected chi connectivity index (χ2v) is 6.03. The fourth-order valence-electron chi connectivity index (χ4n) is 3.13. The maximum Gasteiger partial charge on any atom is 0.249 e. The van der Waals surface area contributed by atoms with Crippen molar-refractivity contribution in [3.63, 3.8) is 0 Å². The smallest absolute Gasteiger partial charge is 0.249 e. The van der Waals surface area contributed by atoms with Gasteiger partial charge in [0.05, 0.1) is 24.5 Å². The summed E-state index contributed by atoms with van der Waals surface area (Å²) in [5.74, 6) is 0.830. The third-order valence-electron chi connectivity index (χ3n) is 4.41. The average Bonchev–Trinajstić information content (AvgIpc) is 3.24. The number of imidazole rings is 1. The van der Waals surface area contributed by atoms with Crippen molar-refractivity contribution in [3.05, 3.63) is 30.1 Å². The molecule has 0 bridgehead atoms. The van der Waals surface area contributed by atoms with Crippen molar-refractivity contribution in [1.29, 1.82) is 0 Å². The number of aryl methyl sites for hydroxylation is 2. The molecule has 0 aliphatic carbocycles. The molecule has 3 rings (SSSR count). The van der Waals surface area contributed by atoms with Crippen molar-refractivity contribution >= 4 is 5.91 Å². The lowest BCUT2D eigenvalue weighted by Gasteiger charge is -2.40. The Kier molecular flexibility index (Phi) is 5.44. The van der Waals surface area contributed by atoms with Crippen LogP contribution in [0.25, 0.3) is 0 Å². The van der Waals surface area contributed by atoms with Crippen molar-refractivity contribution in [2.75, 3.05) is 19.7 Å². The van der Waals surface area contributed by atoms with Gasteiger partial charge in [0.1, 0.15) is 18.5 Å². The summed E-state index contributed by atoms with van der Waals surface area (Å²) in [5.41, 5.74) is 0.884. The van der Waals surface area contributed by atoms with Crippen LogP contribution in [0.1, 0.15) is 31.4 Å².